The number of benzene rings is 1. The first-order valence-electron chi connectivity index (χ1n) is 10.5. The molecular formula is C23H28F3N3O3S. The highest BCUT2D eigenvalue weighted by Gasteiger charge is 2.64. The lowest BCUT2D eigenvalue weighted by atomic mass is 9.72. The number of nitrogens with two attached hydrogens (primary N) is 1. The molecule has 0 bridgehead atoms. The minimum Gasteiger partial charge on any atom is -0.466 e. The van der Waals surface area contributed by atoms with Crippen LogP contribution in [0, 0.1) is 11.3 Å². The number of halogens is 3. The lowest BCUT2D eigenvalue weighted by Gasteiger charge is -2.34. The van der Waals surface area contributed by atoms with Crippen LogP contribution in [0.3, 0.4) is 0 Å². The van der Waals surface area contributed by atoms with Crippen LogP contribution in [-0.4, -0.2) is 30.8 Å². The number of methoxy groups -OCH3 is 1. The van der Waals surface area contributed by atoms with Gasteiger partial charge in [-0.25, -0.2) is 4.79 Å². The molecule has 4 N–H and O–H groups in total. The lowest BCUT2D eigenvalue weighted by molar-refractivity contribution is -0.203. The number of ether oxygens (including phenoxy) is 1. The second-order valence-corrected chi connectivity index (χ2v) is 10.3. The molecule has 1 aromatic heterocycles. The van der Waals surface area contributed by atoms with Gasteiger partial charge in [0.15, 0.2) is 0 Å². The van der Waals surface area contributed by atoms with E-state index in [1.54, 1.807) is 6.07 Å². The number of amides is 1. The molecule has 1 aliphatic rings. The number of hydrogen-bond donors (Lipinski definition) is 3. The molecule has 6 nitrogen and oxygen atoms in total. The molecule has 1 heterocycles. The molecule has 180 valence electrons. The number of esters is 1. The van der Waals surface area contributed by atoms with Crippen LogP contribution in [0.25, 0.3) is 0 Å². The molecule has 2 atom stereocenters. The van der Waals surface area contributed by atoms with Crippen LogP contribution in [0.2, 0.25) is 0 Å². The molecule has 0 saturated carbocycles. The minimum atomic E-state index is -5.23. The smallest absolute Gasteiger partial charge is 0.441 e. The van der Waals surface area contributed by atoms with Gasteiger partial charge in [0, 0.05) is 10.4 Å². The standard InChI is InChI=1S/C23H28F3N3O3S/c1-21(2,3)14-10-11-15-16(12-14)33-19(17(15)27)29-22(20(31)32-4,23(24,25)26)28-18(30)13-8-6-5-7-9-13/h5-9,14,29H,10-12,27H2,1-4H3,(H,28,30). The van der Waals surface area contributed by atoms with Crippen LogP contribution in [0.15, 0.2) is 30.3 Å². The molecule has 1 aliphatic carbocycles. The molecule has 2 unspecified atom stereocenters. The summed E-state index contributed by atoms with van der Waals surface area (Å²) in [6, 6.07) is 7.32. The zero-order chi connectivity index (χ0) is 24.6. The third-order valence-corrected chi connectivity index (χ3v) is 7.27. The summed E-state index contributed by atoms with van der Waals surface area (Å²) in [5, 5.41) is 4.03. The van der Waals surface area contributed by atoms with Crippen molar-refractivity contribution in [3.63, 3.8) is 0 Å². The van der Waals surface area contributed by atoms with Gasteiger partial charge in [-0.15, -0.1) is 11.3 Å². The normalized spacial score (nSPS) is 18.1. The maximum Gasteiger partial charge on any atom is 0.441 e. The van der Waals surface area contributed by atoms with Crippen molar-refractivity contribution in [3.05, 3.63) is 46.3 Å². The van der Waals surface area contributed by atoms with Gasteiger partial charge in [0.2, 0.25) is 0 Å². The predicted molar refractivity (Wildman–Crippen MR) is 122 cm³/mol. The number of alkyl halides is 3. The van der Waals surface area contributed by atoms with Gasteiger partial charge >= 0.3 is 17.8 Å². The second-order valence-electron chi connectivity index (χ2n) is 9.24. The zero-order valence-electron chi connectivity index (χ0n) is 18.9. The number of hydrogen-bond acceptors (Lipinski definition) is 6. The lowest BCUT2D eigenvalue weighted by Crippen LogP contribution is -2.69. The Morgan fingerprint density at radius 1 is 1.15 bits per heavy atom. The number of nitrogen functional groups attached to an aromatic ring is 1. The van der Waals surface area contributed by atoms with Gasteiger partial charge in [0.1, 0.15) is 5.00 Å². The largest absolute Gasteiger partial charge is 0.466 e. The Bertz CT molecular complexity index is 1030. The Labute approximate surface area is 194 Å². The van der Waals surface area contributed by atoms with Crippen LogP contribution >= 0.6 is 11.3 Å². The number of anilines is 2. The minimum absolute atomic E-state index is 0.0226. The first-order valence-corrected chi connectivity index (χ1v) is 11.3. The summed E-state index contributed by atoms with van der Waals surface area (Å²) in [4.78, 5) is 26.1. The van der Waals surface area contributed by atoms with E-state index in [0.717, 1.165) is 35.3 Å². The van der Waals surface area contributed by atoms with Crippen LogP contribution < -0.4 is 16.4 Å². The van der Waals surface area contributed by atoms with E-state index in [-0.39, 0.29) is 21.7 Å². The number of rotatable bonds is 5. The van der Waals surface area contributed by atoms with Crippen molar-refractivity contribution in [3.8, 4) is 0 Å². The average Bonchev–Trinajstić information content (AvgIpc) is 3.06. The summed E-state index contributed by atoms with van der Waals surface area (Å²) in [5.74, 6) is -2.43. The highest BCUT2D eigenvalue weighted by atomic mass is 32.1. The monoisotopic (exact) mass is 483 g/mol. The van der Waals surface area contributed by atoms with Crippen molar-refractivity contribution in [2.75, 3.05) is 18.2 Å². The summed E-state index contributed by atoms with van der Waals surface area (Å²) < 4.78 is 47.7. The second kappa shape index (κ2) is 8.89. The van der Waals surface area contributed by atoms with Crippen molar-refractivity contribution < 1.29 is 27.5 Å². The molecule has 1 amide bonds. The van der Waals surface area contributed by atoms with E-state index >= 15 is 0 Å². The van der Waals surface area contributed by atoms with Crippen LogP contribution in [0.5, 0.6) is 0 Å². The molecule has 10 heteroatoms. The average molecular weight is 484 g/mol. The number of fused-ring (bicyclic) bond motifs is 1. The summed E-state index contributed by atoms with van der Waals surface area (Å²) in [7, 11) is 0.829. The van der Waals surface area contributed by atoms with E-state index in [9.17, 15) is 22.8 Å². The van der Waals surface area contributed by atoms with Crippen LogP contribution in [0.4, 0.5) is 23.9 Å². The Morgan fingerprint density at radius 2 is 1.79 bits per heavy atom. The number of carbonyl (C=O) groups excluding carboxylic acids is 2. The zero-order valence-corrected chi connectivity index (χ0v) is 19.7. The molecule has 0 saturated heterocycles. The number of nitrogens with one attached hydrogen (secondary N) is 2. The third-order valence-electron chi connectivity index (χ3n) is 6.09. The van der Waals surface area contributed by atoms with Gasteiger partial charge in [0.25, 0.3) is 5.91 Å². The van der Waals surface area contributed by atoms with Crippen molar-refractivity contribution in [2.24, 2.45) is 11.3 Å². The molecule has 33 heavy (non-hydrogen) atoms. The SMILES string of the molecule is COC(=O)C(NC(=O)c1ccccc1)(Nc1sc2c(c1N)CCC(C(C)(C)C)C2)C(F)(F)F. The molecule has 0 radical (unpaired) electrons. The van der Waals surface area contributed by atoms with Crippen molar-refractivity contribution in [1.29, 1.82) is 0 Å². The Kier molecular flexibility index (Phi) is 6.70. The van der Waals surface area contributed by atoms with Crippen molar-refractivity contribution in [2.45, 2.75) is 51.9 Å². The first-order chi connectivity index (χ1) is 15.3. The van der Waals surface area contributed by atoms with E-state index in [2.05, 4.69) is 30.8 Å². The Balaban J connectivity index is 2.02. The Morgan fingerprint density at radius 3 is 2.33 bits per heavy atom. The van der Waals surface area contributed by atoms with Gasteiger partial charge in [-0.2, -0.15) is 13.2 Å². The molecule has 3 rings (SSSR count). The molecule has 0 spiro atoms. The van der Waals surface area contributed by atoms with Gasteiger partial charge < -0.3 is 21.1 Å². The molecule has 0 aliphatic heterocycles. The van der Waals surface area contributed by atoms with E-state index in [0.29, 0.717) is 18.8 Å². The fourth-order valence-electron chi connectivity index (χ4n) is 3.99. The summed E-state index contributed by atoms with van der Waals surface area (Å²) in [6.07, 6.45) is -3.05. The fourth-order valence-corrected chi connectivity index (χ4v) is 5.29. The van der Waals surface area contributed by atoms with E-state index in [1.165, 1.54) is 24.3 Å². The maximum absolute atomic E-state index is 14.4. The van der Waals surface area contributed by atoms with Crippen molar-refractivity contribution >= 4 is 33.9 Å². The van der Waals surface area contributed by atoms with Gasteiger partial charge in [-0.3, -0.25) is 4.79 Å². The number of thiophene rings is 1. The van der Waals surface area contributed by atoms with Crippen molar-refractivity contribution in [1.82, 2.24) is 5.32 Å². The predicted octanol–water partition coefficient (Wildman–Crippen LogP) is 4.75. The van der Waals surface area contributed by atoms with Gasteiger partial charge in [-0.05, 0) is 48.3 Å². The quantitative estimate of drug-likeness (QED) is 0.421. The highest BCUT2D eigenvalue weighted by Crippen LogP contribution is 2.47. The fraction of sp³-hybridized carbons (Fsp3) is 0.478. The molecular weight excluding hydrogens is 455 g/mol. The van der Waals surface area contributed by atoms with E-state index in [1.807, 2.05) is 5.32 Å². The molecule has 0 fully saturated rings. The first kappa shape index (κ1) is 24.9. The molecule has 2 aromatic rings. The summed E-state index contributed by atoms with van der Waals surface area (Å²) in [5.41, 5.74) is 3.66. The highest BCUT2D eigenvalue weighted by molar-refractivity contribution is 7.17. The van der Waals surface area contributed by atoms with Crippen LogP contribution in [0.1, 0.15) is 48.0 Å². The number of carbonyl (C=O) groups is 2. The summed E-state index contributed by atoms with van der Waals surface area (Å²) in [6.45, 7) is 6.39. The van der Waals surface area contributed by atoms with Crippen LogP contribution in [-0.2, 0) is 22.4 Å². The van der Waals surface area contributed by atoms with Gasteiger partial charge in [0.05, 0.1) is 12.8 Å². The maximum atomic E-state index is 14.4. The Hall–Kier alpha value is -2.75. The van der Waals surface area contributed by atoms with E-state index in [4.69, 9.17) is 5.73 Å². The third kappa shape index (κ3) is 4.80. The topological polar surface area (TPSA) is 93.4 Å². The van der Waals surface area contributed by atoms with Gasteiger partial charge in [-0.1, -0.05) is 39.0 Å². The van der Waals surface area contributed by atoms with E-state index < -0.39 is 23.7 Å². The molecule has 1 aromatic carbocycles. The summed E-state index contributed by atoms with van der Waals surface area (Å²) >= 11 is 1.08.